The van der Waals surface area contributed by atoms with Crippen LogP contribution >= 0.6 is 0 Å². The molecular weight excluding hydrogens is 311 g/mol. The summed E-state index contributed by atoms with van der Waals surface area (Å²) in [5, 5.41) is 5.05. The van der Waals surface area contributed by atoms with E-state index in [1.807, 2.05) is 0 Å². The second-order valence-electron chi connectivity index (χ2n) is 4.62. The van der Waals surface area contributed by atoms with Crippen molar-refractivity contribution in [3.8, 4) is 0 Å². The molecule has 1 heterocycles. The number of hydrogen-bond acceptors (Lipinski definition) is 4. The molecule has 8 heteroatoms. The average Bonchev–Trinajstić information content (AvgIpc) is 2.71. The summed E-state index contributed by atoms with van der Waals surface area (Å²) in [4.78, 5) is 24.6. The van der Waals surface area contributed by atoms with Crippen molar-refractivity contribution in [3.63, 3.8) is 0 Å². The van der Waals surface area contributed by atoms with Gasteiger partial charge in [0.2, 0.25) is 10.0 Å². The maximum absolute atomic E-state index is 14.1. The Morgan fingerprint density at radius 2 is 1.45 bits per heavy atom. The first-order valence-electron chi connectivity index (χ1n) is 6.11. The van der Waals surface area contributed by atoms with Crippen LogP contribution in [0.5, 0.6) is 0 Å². The highest BCUT2D eigenvalue weighted by Gasteiger charge is 2.40. The molecule has 6 nitrogen and oxygen atoms in total. The SMILES string of the molecule is NS(=O)(=O)c1cccc(F)c1N1C(=O)c2ccccc2C1=O. The summed E-state index contributed by atoms with van der Waals surface area (Å²) in [6.45, 7) is 0. The van der Waals surface area contributed by atoms with Gasteiger partial charge in [0.1, 0.15) is 16.4 Å². The maximum atomic E-state index is 14.1. The fraction of sp³-hybridized carbons (Fsp3) is 0. The van der Waals surface area contributed by atoms with Gasteiger partial charge in [-0.05, 0) is 24.3 Å². The summed E-state index contributed by atoms with van der Waals surface area (Å²) in [6, 6.07) is 9.05. The number of benzene rings is 2. The zero-order valence-electron chi connectivity index (χ0n) is 11.0. The van der Waals surface area contributed by atoms with Gasteiger partial charge in [-0.2, -0.15) is 0 Å². The van der Waals surface area contributed by atoms with Crippen molar-refractivity contribution in [1.29, 1.82) is 0 Å². The van der Waals surface area contributed by atoms with Crippen LogP contribution in [0.3, 0.4) is 0 Å². The Morgan fingerprint density at radius 1 is 0.909 bits per heavy atom. The highest BCUT2D eigenvalue weighted by Crippen LogP contribution is 2.34. The van der Waals surface area contributed by atoms with Crippen LogP contribution in [0.2, 0.25) is 0 Å². The number of halogens is 1. The molecule has 0 radical (unpaired) electrons. The molecule has 0 aliphatic carbocycles. The molecule has 0 aromatic heterocycles. The lowest BCUT2D eigenvalue weighted by Crippen LogP contribution is -2.32. The molecule has 1 aliphatic heterocycles. The minimum Gasteiger partial charge on any atom is -0.268 e. The van der Waals surface area contributed by atoms with Crippen LogP contribution in [0, 0.1) is 5.82 Å². The Morgan fingerprint density at radius 3 is 1.95 bits per heavy atom. The average molecular weight is 320 g/mol. The number of hydrogen-bond donors (Lipinski definition) is 1. The van der Waals surface area contributed by atoms with E-state index in [2.05, 4.69) is 0 Å². The summed E-state index contributed by atoms with van der Waals surface area (Å²) >= 11 is 0. The number of amides is 2. The molecule has 0 spiro atoms. The first-order chi connectivity index (χ1) is 10.3. The summed E-state index contributed by atoms with van der Waals surface area (Å²) in [5.74, 6) is -2.62. The van der Waals surface area contributed by atoms with Crippen molar-refractivity contribution in [2.45, 2.75) is 4.90 Å². The number of imide groups is 1. The molecule has 0 bridgehead atoms. The standard InChI is InChI=1S/C14H9FN2O4S/c15-10-6-3-7-11(22(16,20)21)12(10)17-13(18)8-4-1-2-5-9(8)14(17)19/h1-7H,(H2,16,20,21). The summed E-state index contributed by atoms with van der Waals surface area (Å²) < 4.78 is 37.4. The van der Waals surface area contributed by atoms with Crippen LogP contribution in [0.25, 0.3) is 0 Å². The normalized spacial score (nSPS) is 14.4. The maximum Gasteiger partial charge on any atom is 0.266 e. The molecule has 22 heavy (non-hydrogen) atoms. The molecule has 2 aromatic rings. The Balaban J connectivity index is 2.27. The Labute approximate surface area is 125 Å². The summed E-state index contributed by atoms with van der Waals surface area (Å²) in [7, 11) is -4.31. The number of carbonyl (C=O) groups excluding carboxylic acids is 2. The third-order valence-electron chi connectivity index (χ3n) is 3.27. The summed E-state index contributed by atoms with van der Waals surface area (Å²) in [5.41, 5.74) is -0.497. The number of nitrogens with two attached hydrogens (primary N) is 1. The highest BCUT2D eigenvalue weighted by atomic mass is 32.2. The fourth-order valence-corrected chi connectivity index (χ4v) is 3.06. The van der Waals surface area contributed by atoms with Crippen molar-refractivity contribution < 1.29 is 22.4 Å². The van der Waals surface area contributed by atoms with E-state index in [1.54, 1.807) is 12.1 Å². The van der Waals surface area contributed by atoms with Crippen molar-refractivity contribution in [1.82, 2.24) is 0 Å². The topological polar surface area (TPSA) is 97.5 Å². The first-order valence-corrected chi connectivity index (χ1v) is 7.66. The molecule has 0 fully saturated rings. The quantitative estimate of drug-likeness (QED) is 0.843. The number of rotatable bonds is 2. The zero-order valence-corrected chi connectivity index (χ0v) is 11.8. The van der Waals surface area contributed by atoms with Gasteiger partial charge >= 0.3 is 0 Å². The monoisotopic (exact) mass is 320 g/mol. The predicted octanol–water partition coefficient (Wildman–Crippen LogP) is 1.27. The van der Waals surface area contributed by atoms with Crippen LogP contribution in [0.15, 0.2) is 47.4 Å². The van der Waals surface area contributed by atoms with Crippen LogP contribution < -0.4 is 10.0 Å². The molecule has 112 valence electrons. The van der Waals surface area contributed by atoms with Crippen molar-refractivity contribution in [3.05, 3.63) is 59.4 Å². The highest BCUT2D eigenvalue weighted by molar-refractivity contribution is 7.89. The van der Waals surface area contributed by atoms with Gasteiger partial charge in [-0.15, -0.1) is 0 Å². The molecular formula is C14H9FN2O4S. The van der Waals surface area contributed by atoms with E-state index in [0.29, 0.717) is 4.90 Å². The minimum absolute atomic E-state index is 0.0797. The number of sulfonamides is 1. The van der Waals surface area contributed by atoms with Gasteiger partial charge in [0.25, 0.3) is 11.8 Å². The second-order valence-corrected chi connectivity index (χ2v) is 6.15. The molecule has 0 saturated heterocycles. The lowest BCUT2D eigenvalue weighted by molar-refractivity contribution is 0.0924. The lowest BCUT2D eigenvalue weighted by atomic mass is 10.1. The number of carbonyl (C=O) groups is 2. The molecule has 2 aromatic carbocycles. The molecule has 0 unspecified atom stereocenters. The van der Waals surface area contributed by atoms with Gasteiger partial charge in [0.05, 0.1) is 11.1 Å². The van der Waals surface area contributed by atoms with Gasteiger partial charge < -0.3 is 0 Å². The van der Waals surface area contributed by atoms with Crippen LogP contribution in [0.1, 0.15) is 20.7 Å². The smallest absolute Gasteiger partial charge is 0.266 e. The number of anilines is 1. The Kier molecular flexibility index (Phi) is 3.08. The van der Waals surface area contributed by atoms with Crippen LogP contribution in [-0.2, 0) is 10.0 Å². The van der Waals surface area contributed by atoms with E-state index >= 15 is 0 Å². The minimum atomic E-state index is -4.31. The third-order valence-corrected chi connectivity index (χ3v) is 4.22. The molecule has 3 rings (SSSR count). The molecule has 2 amide bonds. The number of nitrogens with zero attached hydrogens (tertiary/aromatic N) is 1. The van der Waals surface area contributed by atoms with Crippen LogP contribution in [-0.4, -0.2) is 20.2 Å². The number of fused-ring (bicyclic) bond motifs is 1. The number of para-hydroxylation sites is 1. The van der Waals surface area contributed by atoms with E-state index in [9.17, 15) is 22.4 Å². The second kappa shape index (κ2) is 4.72. The van der Waals surface area contributed by atoms with E-state index in [4.69, 9.17) is 5.14 Å². The van der Waals surface area contributed by atoms with Crippen LogP contribution in [0.4, 0.5) is 10.1 Å². The largest absolute Gasteiger partial charge is 0.268 e. The van der Waals surface area contributed by atoms with Crippen molar-refractivity contribution in [2.24, 2.45) is 5.14 Å². The molecule has 0 saturated carbocycles. The van der Waals surface area contributed by atoms with Gasteiger partial charge in [0, 0.05) is 0 Å². The van der Waals surface area contributed by atoms with Gasteiger partial charge in [-0.1, -0.05) is 18.2 Å². The van der Waals surface area contributed by atoms with E-state index in [-0.39, 0.29) is 11.1 Å². The van der Waals surface area contributed by atoms with E-state index in [1.165, 1.54) is 12.1 Å². The van der Waals surface area contributed by atoms with Gasteiger partial charge in [-0.3, -0.25) is 9.59 Å². The predicted molar refractivity (Wildman–Crippen MR) is 75.4 cm³/mol. The van der Waals surface area contributed by atoms with Gasteiger partial charge in [-0.25, -0.2) is 22.8 Å². The fourth-order valence-electron chi connectivity index (χ4n) is 2.33. The Bertz CT molecular complexity index is 889. The van der Waals surface area contributed by atoms with E-state index < -0.39 is 38.2 Å². The molecule has 0 atom stereocenters. The number of primary sulfonamides is 1. The lowest BCUT2D eigenvalue weighted by Gasteiger charge is -2.17. The third kappa shape index (κ3) is 2.00. The molecule has 1 aliphatic rings. The van der Waals surface area contributed by atoms with Crippen molar-refractivity contribution >= 4 is 27.5 Å². The molecule has 2 N–H and O–H groups in total. The van der Waals surface area contributed by atoms with E-state index in [0.717, 1.165) is 18.2 Å². The van der Waals surface area contributed by atoms with Gasteiger partial charge in [0.15, 0.2) is 0 Å². The first kappa shape index (κ1) is 14.4. The van der Waals surface area contributed by atoms with Crippen molar-refractivity contribution in [2.75, 3.05) is 4.90 Å². The zero-order chi connectivity index (χ0) is 16.1. The Hall–Kier alpha value is -2.58. The summed E-state index contributed by atoms with van der Waals surface area (Å²) in [6.07, 6.45) is 0.